The van der Waals surface area contributed by atoms with E-state index in [1.807, 2.05) is 6.26 Å². The molecule has 0 aromatic heterocycles. The molecule has 0 aliphatic carbocycles. The minimum absolute atomic E-state index is 0.113. The predicted molar refractivity (Wildman–Crippen MR) is 96.4 cm³/mol. The van der Waals surface area contributed by atoms with E-state index in [1.54, 1.807) is 0 Å². The van der Waals surface area contributed by atoms with Crippen LogP contribution in [0.5, 0.6) is 0 Å². The summed E-state index contributed by atoms with van der Waals surface area (Å²) in [7, 11) is 0. The van der Waals surface area contributed by atoms with Gasteiger partial charge in [-0.05, 0) is 18.4 Å². The van der Waals surface area contributed by atoms with Gasteiger partial charge in [0, 0.05) is 5.75 Å². The van der Waals surface area contributed by atoms with Crippen molar-refractivity contribution >= 4 is 48.1 Å². The number of carbonyl (C=O) groups excluding carboxylic acids is 3. The Hall–Kier alpha value is -1.50. The number of aliphatic hydroxyl groups excluding tert-OH is 1. The summed E-state index contributed by atoms with van der Waals surface area (Å²) < 4.78 is 0. The summed E-state index contributed by atoms with van der Waals surface area (Å²) in [6.07, 6.45) is 2.28. The number of hydrogen-bond donors (Lipinski definition) is 7. The number of rotatable bonds is 12. The summed E-state index contributed by atoms with van der Waals surface area (Å²) in [6, 6.07) is -3.26. The zero-order chi connectivity index (χ0) is 19.4. The van der Waals surface area contributed by atoms with Crippen LogP contribution in [0.4, 0.5) is 0 Å². The number of aliphatic carboxylic acids is 1. The van der Waals surface area contributed by atoms with Gasteiger partial charge in [-0.2, -0.15) is 24.4 Å². The van der Waals surface area contributed by atoms with Gasteiger partial charge >= 0.3 is 5.97 Å². The van der Waals surface area contributed by atoms with Crippen molar-refractivity contribution in [2.75, 3.05) is 30.9 Å². The van der Waals surface area contributed by atoms with E-state index in [4.69, 9.17) is 10.8 Å². The van der Waals surface area contributed by atoms with Crippen LogP contribution in [-0.4, -0.2) is 82.9 Å². The molecule has 0 aliphatic rings. The van der Waals surface area contributed by atoms with Crippen molar-refractivity contribution in [3.63, 3.8) is 0 Å². The maximum Gasteiger partial charge on any atom is 0.327 e. The van der Waals surface area contributed by atoms with Gasteiger partial charge in [-0.25, -0.2) is 4.79 Å². The first-order valence-electron chi connectivity index (χ1n) is 7.33. The lowest BCUT2D eigenvalue weighted by Crippen LogP contribution is -2.55. The van der Waals surface area contributed by atoms with Crippen molar-refractivity contribution in [1.82, 2.24) is 16.0 Å². The van der Waals surface area contributed by atoms with Gasteiger partial charge in [-0.3, -0.25) is 14.4 Å². The number of carboxylic acid groups (broad SMARTS) is 1. The van der Waals surface area contributed by atoms with Gasteiger partial charge in [-0.15, -0.1) is 0 Å². The number of amides is 3. The highest BCUT2D eigenvalue weighted by molar-refractivity contribution is 7.98. The van der Waals surface area contributed by atoms with Crippen LogP contribution in [0.15, 0.2) is 0 Å². The Kier molecular flexibility index (Phi) is 12.0. The molecule has 12 heteroatoms. The molecule has 0 fully saturated rings. The quantitative estimate of drug-likeness (QED) is 0.173. The van der Waals surface area contributed by atoms with Crippen molar-refractivity contribution in [1.29, 1.82) is 0 Å². The molecule has 0 aromatic carbocycles. The SMILES string of the molecule is CSCCC(N)C(=O)NC(CO)C(=O)NCC(=O)NC(CS)C(=O)O. The van der Waals surface area contributed by atoms with Gasteiger partial charge in [0.05, 0.1) is 19.2 Å². The number of nitrogens with one attached hydrogen (secondary N) is 3. The normalized spacial score (nSPS) is 14.1. The number of aliphatic hydroxyl groups is 1. The molecule has 0 bridgehead atoms. The summed E-state index contributed by atoms with van der Waals surface area (Å²) in [4.78, 5) is 46.1. The van der Waals surface area contributed by atoms with Gasteiger partial charge in [0.25, 0.3) is 0 Å². The number of nitrogens with two attached hydrogens (primary N) is 1. The maximum absolute atomic E-state index is 11.9. The Morgan fingerprint density at radius 1 is 1.16 bits per heavy atom. The average Bonchev–Trinajstić information content (AvgIpc) is 2.59. The Labute approximate surface area is 155 Å². The van der Waals surface area contributed by atoms with Gasteiger partial charge in [0.1, 0.15) is 12.1 Å². The Bertz CT molecular complexity index is 479. The van der Waals surface area contributed by atoms with Crippen LogP contribution in [0, 0.1) is 0 Å². The van der Waals surface area contributed by atoms with Gasteiger partial charge < -0.3 is 31.9 Å². The van der Waals surface area contributed by atoms with E-state index in [-0.39, 0.29) is 5.75 Å². The van der Waals surface area contributed by atoms with E-state index in [2.05, 4.69) is 28.6 Å². The molecular weight excluding hydrogens is 372 g/mol. The monoisotopic (exact) mass is 396 g/mol. The first-order valence-corrected chi connectivity index (χ1v) is 9.35. The third kappa shape index (κ3) is 9.53. The topological polar surface area (TPSA) is 171 Å². The average molecular weight is 396 g/mol. The highest BCUT2D eigenvalue weighted by Gasteiger charge is 2.24. The molecule has 0 rings (SSSR count). The molecule has 144 valence electrons. The lowest BCUT2D eigenvalue weighted by atomic mass is 10.2. The summed E-state index contributed by atoms with van der Waals surface area (Å²) in [5.41, 5.74) is 5.66. The molecule has 0 aliphatic heterocycles. The molecule has 3 amide bonds. The second-order valence-corrected chi connectivity index (χ2v) is 6.34. The Morgan fingerprint density at radius 3 is 2.28 bits per heavy atom. The van der Waals surface area contributed by atoms with Gasteiger partial charge in [-0.1, -0.05) is 0 Å². The van der Waals surface area contributed by atoms with Gasteiger partial charge in [0.15, 0.2) is 0 Å². The maximum atomic E-state index is 11.9. The standard InChI is InChI=1S/C13H24N4O6S2/c1-25-3-2-7(14)11(20)17-8(5-18)12(21)15-4-10(19)16-9(6-24)13(22)23/h7-9,18,24H,2-6,14H2,1H3,(H,15,21)(H,16,19)(H,17,20)(H,22,23). The predicted octanol–water partition coefficient (Wildman–Crippen LogP) is -2.84. The first kappa shape index (κ1) is 23.5. The zero-order valence-electron chi connectivity index (χ0n) is 13.7. The lowest BCUT2D eigenvalue weighted by Gasteiger charge is -2.19. The van der Waals surface area contributed by atoms with Crippen molar-refractivity contribution in [3.05, 3.63) is 0 Å². The van der Waals surface area contributed by atoms with E-state index >= 15 is 0 Å². The number of hydrogen-bond acceptors (Lipinski definition) is 8. The fraction of sp³-hybridized carbons (Fsp3) is 0.692. The first-order chi connectivity index (χ1) is 11.8. The molecule has 10 nitrogen and oxygen atoms in total. The van der Waals surface area contributed by atoms with Crippen LogP contribution >= 0.6 is 24.4 Å². The minimum Gasteiger partial charge on any atom is -0.480 e. The fourth-order valence-corrected chi connectivity index (χ4v) is 2.31. The highest BCUT2D eigenvalue weighted by Crippen LogP contribution is 1.99. The summed E-state index contributed by atoms with van der Waals surface area (Å²) in [6.45, 7) is -1.19. The molecule has 7 N–H and O–H groups in total. The number of carboxylic acids is 1. The van der Waals surface area contributed by atoms with Crippen LogP contribution in [0.1, 0.15) is 6.42 Å². The number of thiol groups is 1. The molecule has 0 aromatic rings. The van der Waals surface area contributed by atoms with Crippen molar-refractivity contribution in [3.8, 4) is 0 Å². The van der Waals surface area contributed by atoms with Crippen molar-refractivity contribution in [2.45, 2.75) is 24.5 Å². The van der Waals surface area contributed by atoms with E-state index < -0.39 is 55.0 Å². The molecule has 25 heavy (non-hydrogen) atoms. The molecule has 3 unspecified atom stereocenters. The van der Waals surface area contributed by atoms with E-state index in [1.165, 1.54) is 11.8 Å². The lowest BCUT2D eigenvalue weighted by molar-refractivity contribution is -0.141. The third-order valence-corrected chi connectivity index (χ3v) is 4.03. The van der Waals surface area contributed by atoms with E-state index in [0.717, 1.165) is 0 Å². The number of carbonyl (C=O) groups is 4. The van der Waals surface area contributed by atoms with E-state index in [0.29, 0.717) is 12.2 Å². The third-order valence-electron chi connectivity index (χ3n) is 3.02. The summed E-state index contributed by atoms with van der Waals surface area (Å²) in [5, 5.41) is 24.7. The van der Waals surface area contributed by atoms with Gasteiger partial charge in [0.2, 0.25) is 17.7 Å². The van der Waals surface area contributed by atoms with Crippen LogP contribution in [0.3, 0.4) is 0 Å². The second kappa shape index (κ2) is 12.8. The van der Waals surface area contributed by atoms with Crippen molar-refractivity contribution < 1.29 is 29.4 Å². The number of thioether (sulfide) groups is 1. The Morgan fingerprint density at radius 2 is 1.80 bits per heavy atom. The molecule has 0 saturated carbocycles. The van der Waals surface area contributed by atoms with Crippen LogP contribution < -0.4 is 21.7 Å². The summed E-state index contributed by atoms with van der Waals surface area (Å²) in [5.74, 6) is -2.82. The van der Waals surface area contributed by atoms with Crippen LogP contribution in [0.2, 0.25) is 0 Å². The highest BCUT2D eigenvalue weighted by atomic mass is 32.2. The molecule has 0 radical (unpaired) electrons. The minimum atomic E-state index is -1.26. The van der Waals surface area contributed by atoms with E-state index in [9.17, 15) is 24.3 Å². The molecule has 0 spiro atoms. The smallest absolute Gasteiger partial charge is 0.327 e. The molecule has 3 atom stereocenters. The summed E-state index contributed by atoms with van der Waals surface area (Å²) >= 11 is 5.31. The fourth-order valence-electron chi connectivity index (χ4n) is 1.57. The molecule has 0 heterocycles. The molecular formula is C13H24N4O6S2. The van der Waals surface area contributed by atoms with Crippen LogP contribution in [0.25, 0.3) is 0 Å². The van der Waals surface area contributed by atoms with Crippen molar-refractivity contribution in [2.24, 2.45) is 5.73 Å². The zero-order valence-corrected chi connectivity index (χ0v) is 15.4. The molecule has 0 saturated heterocycles. The largest absolute Gasteiger partial charge is 0.480 e. The van der Waals surface area contributed by atoms with Crippen LogP contribution in [-0.2, 0) is 19.2 Å². The Balaban J connectivity index is 4.43. The second-order valence-electron chi connectivity index (χ2n) is 4.99.